The molecule has 12 heteroatoms. The second kappa shape index (κ2) is 13.2. The van der Waals surface area contributed by atoms with Gasteiger partial charge in [-0.25, -0.2) is 8.42 Å². The Balaban J connectivity index is -0.00000161. The van der Waals surface area contributed by atoms with E-state index in [1.165, 1.54) is 13.0 Å². The van der Waals surface area contributed by atoms with E-state index in [1.54, 1.807) is 6.92 Å². The molecule has 0 aliphatic rings. The zero-order valence-corrected chi connectivity index (χ0v) is 21.7. The van der Waals surface area contributed by atoms with Crippen molar-refractivity contribution in [2.45, 2.75) is 31.1 Å². The summed E-state index contributed by atoms with van der Waals surface area (Å²) in [7, 11) is -4.66. The third-order valence-electron chi connectivity index (χ3n) is 3.48. The summed E-state index contributed by atoms with van der Waals surface area (Å²) < 4.78 is 32.5. The molecule has 0 N–H and O–H groups in total. The van der Waals surface area contributed by atoms with Crippen molar-refractivity contribution in [2.75, 3.05) is 0 Å². The minimum atomic E-state index is -4.66. The average molecular weight is 397 g/mol. The van der Waals surface area contributed by atoms with E-state index >= 15 is 0 Å². The predicted octanol–water partition coefficient (Wildman–Crippen LogP) is -10.8. The summed E-state index contributed by atoms with van der Waals surface area (Å²) in [5.74, 6) is -6.63. The van der Waals surface area contributed by atoms with Crippen LogP contribution < -0.4 is 98.9 Å². The van der Waals surface area contributed by atoms with Crippen LogP contribution in [-0.4, -0.2) is 29.9 Å². The average Bonchev–Trinajstić information content (AvgIpc) is 2.42. The van der Waals surface area contributed by atoms with Gasteiger partial charge in [0, 0.05) is 41.6 Å². The first-order valence-electron chi connectivity index (χ1n) is 6.43. The number of carboxylic acids is 2. The van der Waals surface area contributed by atoms with Crippen molar-refractivity contribution < 1.29 is 121 Å². The van der Waals surface area contributed by atoms with Crippen molar-refractivity contribution in [1.82, 2.24) is 4.98 Å². The quantitative estimate of drug-likeness (QED) is 0.325. The Labute approximate surface area is 212 Å². The van der Waals surface area contributed by atoms with Gasteiger partial charge >= 0.3 is 88.7 Å². The number of carboxylic acid groups (broad SMARTS) is 2. The molecule has 0 bridgehead atoms. The van der Waals surface area contributed by atoms with Crippen LogP contribution in [0.3, 0.4) is 0 Å². The normalized spacial score (nSPS) is 13.9. The maximum absolute atomic E-state index is 11.3. The van der Waals surface area contributed by atoms with Gasteiger partial charge in [-0.3, -0.25) is 4.98 Å². The molecule has 3 atom stereocenters. The Morgan fingerprint density at radius 1 is 1.12 bits per heavy atom. The zero-order valence-electron chi connectivity index (χ0n) is 14.9. The molecule has 0 fully saturated rings. The van der Waals surface area contributed by atoms with Crippen molar-refractivity contribution >= 4 is 22.1 Å². The van der Waals surface area contributed by atoms with Gasteiger partial charge in [0.05, 0.1) is 4.90 Å². The molecule has 8 nitrogen and oxygen atoms in total. The molecule has 122 valence electrons. The fourth-order valence-corrected chi connectivity index (χ4v) is 2.69. The molecule has 1 heterocycles. The number of nitrogens with zero attached hydrogens (tertiary/aromatic N) is 1. The summed E-state index contributed by atoms with van der Waals surface area (Å²) in [6.45, 7) is 2.82. The molecule has 0 aliphatic heterocycles. The van der Waals surface area contributed by atoms with Crippen LogP contribution >= 0.6 is 0 Å². The van der Waals surface area contributed by atoms with Gasteiger partial charge in [-0.2, -0.15) is 0 Å². The van der Waals surface area contributed by atoms with Crippen LogP contribution in [0, 0.1) is 11.8 Å². The standard InChI is InChI=1S/C13H17NO7S.3Na/c1-3-9(11(13(17)18)7(2)12(15)16)10-5-4-8(6-14-10)22(19,20)21;;;/h4-7,9,11H,3H2,1-2H3,(H,15,16)(H,17,18)(H,19,20,21);;;/q;3*+1/p-3. The van der Waals surface area contributed by atoms with Gasteiger partial charge in [0.15, 0.2) is 0 Å². The molecule has 0 saturated carbocycles. The van der Waals surface area contributed by atoms with E-state index in [-0.39, 0.29) is 101 Å². The minimum absolute atomic E-state index is 0. The molecule has 1 rings (SSSR count). The van der Waals surface area contributed by atoms with E-state index in [2.05, 4.69) is 4.98 Å². The first-order valence-corrected chi connectivity index (χ1v) is 7.84. The minimum Gasteiger partial charge on any atom is -0.744 e. The molecule has 0 aliphatic carbocycles. The summed E-state index contributed by atoms with van der Waals surface area (Å²) in [6, 6.07) is 2.19. The van der Waals surface area contributed by atoms with Gasteiger partial charge in [0.1, 0.15) is 10.1 Å². The van der Waals surface area contributed by atoms with Crippen LogP contribution in [0.4, 0.5) is 0 Å². The number of carbonyl (C=O) groups excluding carboxylic acids is 2. The molecule has 0 radical (unpaired) electrons. The zero-order chi connectivity index (χ0) is 17.1. The number of aliphatic carboxylic acids is 2. The second-order valence-electron chi connectivity index (χ2n) is 4.84. The van der Waals surface area contributed by atoms with Crippen LogP contribution in [0.1, 0.15) is 31.9 Å². The topological polar surface area (TPSA) is 150 Å². The van der Waals surface area contributed by atoms with E-state index in [4.69, 9.17) is 0 Å². The van der Waals surface area contributed by atoms with Gasteiger partial charge in [-0.15, -0.1) is 0 Å². The number of hydrogen-bond donors (Lipinski definition) is 0. The van der Waals surface area contributed by atoms with E-state index in [1.807, 2.05) is 0 Å². The summed E-state index contributed by atoms with van der Waals surface area (Å²) in [5.41, 5.74) is 0.164. The Morgan fingerprint density at radius 2 is 1.64 bits per heavy atom. The smallest absolute Gasteiger partial charge is 0.744 e. The van der Waals surface area contributed by atoms with Crippen LogP contribution in [0.25, 0.3) is 0 Å². The van der Waals surface area contributed by atoms with Crippen molar-refractivity contribution in [3.05, 3.63) is 24.0 Å². The van der Waals surface area contributed by atoms with Crippen molar-refractivity contribution in [1.29, 1.82) is 0 Å². The number of rotatable bonds is 7. The van der Waals surface area contributed by atoms with Gasteiger partial charge < -0.3 is 24.4 Å². The number of aromatic nitrogens is 1. The van der Waals surface area contributed by atoms with Crippen molar-refractivity contribution in [2.24, 2.45) is 11.8 Å². The predicted molar refractivity (Wildman–Crippen MR) is 67.9 cm³/mol. The van der Waals surface area contributed by atoms with Gasteiger partial charge in [-0.1, -0.05) is 13.8 Å². The molecule has 0 saturated heterocycles. The number of pyridine rings is 1. The van der Waals surface area contributed by atoms with Crippen LogP contribution in [0.5, 0.6) is 0 Å². The van der Waals surface area contributed by atoms with E-state index in [9.17, 15) is 32.8 Å². The Kier molecular flexibility index (Phi) is 16.2. The van der Waals surface area contributed by atoms with Crippen molar-refractivity contribution in [3.8, 4) is 0 Å². The fraction of sp³-hybridized carbons (Fsp3) is 0.462. The van der Waals surface area contributed by atoms with E-state index in [0.29, 0.717) is 0 Å². The molecule has 1 aromatic rings. The number of carbonyl (C=O) groups is 2. The summed E-state index contributed by atoms with van der Waals surface area (Å²) in [5, 5.41) is 22.2. The Bertz CT molecular complexity index is 667. The first-order chi connectivity index (χ1) is 10.1. The summed E-state index contributed by atoms with van der Waals surface area (Å²) in [6.07, 6.45) is 1.04. The third-order valence-corrected chi connectivity index (χ3v) is 4.30. The maximum atomic E-state index is 11.3. The van der Waals surface area contributed by atoms with Crippen LogP contribution in [-0.2, 0) is 19.7 Å². The Morgan fingerprint density at radius 3 is 1.92 bits per heavy atom. The van der Waals surface area contributed by atoms with Crippen LogP contribution in [0.15, 0.2) is 23.2 Å². The molecule has 0 amide bonds. The van der Waals surface area contributed by atoms with E-state index < -0.39 is 44.7 Å². The summed E-state index contributed by atoms with van der Waals surface area (Å²) >= 11 is 0. The molecular weight excluding hydrogens is 383 g/mol. The fourth-order valence-electron chi connectivity index (χ4n) is 2.27. The van der Waals surface area contributed by atoms with Gasteiger partial charge in [-0.05, 0) is 18.6 Å². The number of hydrogen-bond acceptors (Lipinski definition) is 8. The third kappa shape index (κ3) is 8.69. The molecule has 0 spiro atoms. The SMILES string of the molecule is CCC(c1ccc(S(=O)(=O)[O-])cn1)C(C(=O)[O-])C(C)C(=O)[O-].[Na+].[Na+].[Na+]. The van der Waals surface area contributed by atoms with Crippen molar-refractivity contribution in [3.63, 3.8) is 0 Å². The molecule has 25 heavy (non-hydrogen) atoms. The Hall–Kier alpha value is 1.00. The molecular formula is C13H14NNa3O7S. The van der Waals surface area contributed by atoms with Gasteiger partial charge in [0.2, 0.25) is 0 Å². The largest absolute Gasteiger partial charge is 1.00 e. The molecule has 3 unspecified atom stereocenters. The molecule has 1 aromatic heterocycles. The van der Waals surface area contributed by atoms with Crippen LogP contribution in [0.2, 0.25) is 0 Å². The summed E-state index contributed by atoms with van der Waals surface area (Å²) in [4.78, 5) is 25.4. The monoisotopic (exact) mass is 397 g/mol. The molecule has 0 aromatic carbocycles. The van der Waals surface area contributed by atoms with Gasteiger partial charge in [0.25, 0.3) is 0 Å². The first kappa shape index (κ1) is 30.7. The maximum Gasteiger partial charge on any atom is 1.00 e. The second-order valence-corrected chi connectivity index (χ2v) is 6.22. The van der Waals surface area contributed by atoms with E-state index in [0.717, 1.165) is 12.3 Å².